The lowest BCUT2D eigenvalue weighted by atomic mass is 13.0. The van der Waals surface area contributed by atoms with Crippen molar-refractivity contribution < 1.29 is 0 Å². The van der Waals surface area contributed by atoms with Crippen molar-refractivity contribution in [1.82, 2.24) is 0 Å². The van der Waals surface area contributed by atoms with Gasteiger partial charge in [-0.2, -0.15) is 27.0 Å². The molecule has 0 atom stereocenters. The summed E-state index contributed by atoms with van der Waals surface area (Å²) in [6.07, 6.45) is 0. The van der Waals surface area contributed by atoms with Crippen LogP contribution in [0.2, 0.25) is 0 Å². The lowest BCUT2D eigenvalue weighted by Gasteiger charge is -1.27. The number of hydrazine groups is 1. The van der Waals surface area contributed by atoms with Crippen molar-refractivity contribution in [2.45, 2.75) is 0 Å². The minimum absolute atomic E-state index is 0. The normalized spacial score (nSPS) is 1.50. The predicted molar refractivity (Wildman–Crippen MR) is 29.1 cm³/mol. The van der Waals surface area contributed by atoms with Gasteiger partial charge in [-0.05, 0) is 0 Å². The average molecular weight is 100 g/mol. The maximum atomic E-state index is 4.00. The zero-order valence-corrected chi connectivity index (χ0v) is 4.15. The Balaban J connectivity index is -0.00000000500. The van der Waals surface area contributed by atoms with Gasteiger partial charge < -0.3 is 0 Å². The molecule has 4 N–H and O–H groups in total. The van der Waals surface area contributed by atoms with Gasteiger partial charge >= 0.3 is 0 Å². The highest BCUT2D eigenvalue weighted by molar-refractivity contribution is 7.59. The van der Waals surface area contributed by atoms with Crippen LogP contribution in [-0.2, 0) is 0 Å². The van der Waals surface area contributed by atoms with Crippen LogP contribution in [-0.4, -0.2) is 0 Å². The highest BCUT2D eigenvalue weighted by atomic mass is 32.1. The summed E-state index contributed by atoms with van der Waals surface area (Å²) < 4.78 is 0. The van der Waals surface area contributed by atoms with Crippen molar-refractivity contribution in [2.75, 3.05) is 0 Å². The van der Waals surface area contributed by atoms with E-state index in [1.54, 1.807) is 0 Å². The molecule has 0 aliphatic rings. The van der Waals surface area contributed by atoms with E-state index < -0.39 is 0 Å². The molecule has 4 heavy (non-hydrogen) atoms. The first-order valence-corrected chi connectivity index (χ1v) is 0.333. The molecule has 0 fully saturated rings. The van der Waals surface area contributed by atoms with E-state index in [0.29, 0.717) is 0 Å². The topological polar surface area (TPSA) is 52.0 Å². The van der Waals surface area contributed by atoms with Crippen LogP contribution in [0.1, 0.15) is 0 Å². The molecule has 0 bridgehead atoms. The quantitative estimate of drug-likeness (QED) is 0.304. The fourth-order valence-electron chi connectivity index (χ4n) is 0. The smallest absolute Gasteiger partial charge is 0.197 e. The van der Waals surface area contributed by atoms with Crippen LogP contribution in [0.25, 0.3) is 0 Å². The SMILES string of the molecule is NN.S.S. The van der Waals surface area contributed by atoms with E-state index in [1.165, 1.54) is 0 Å². The Morgan fingerprint density at radius 3 is 0.750 bits per heavy atom. The van der Waals surface area contributed by atoms with Crippen molar-refractivity contribution in [3.05, 3.63) is 0 Å². The Bertz CT molecular complexity index is 4.00. The van der Waals surface area contributed by atoms with Gasteiger partial charge in [-0.3, -0.25) is 11.7 Å². The second kappa shape index (κ2) is 64.6. The summed E-state index contributed by atoms with van der Waals surface area (Å²) in [4.78, 5) is 0. The summed E-state index contributed by atoms with van der Waals surface area (Å²) in [6, 6.07) is 0. The molecular formula is H8N2S2. The molecule has 0 aromatic carbocycles. The molecule has 0 spiro atoms. The highest BCUT2D eigenvalue weighted by Crippen LogP contribution is 0.649. The summed E-state index contributed by atoms with van der Waals surface area (Å²) in [5.74, 6) is 8.00. The molecule has 2 nitrogen and oxygen atoms in total. The fraction of sp³-hybridized carbons (Fsp3) is 0. The van der Waals surface area contributed by atoms with E-state index >= 15 is 0 Å². The van der Waals surface area contributed by atoms with Gasteiger partial charge in [0.05, 0.1) is 0 Å². The zero-order chi connectivity index (χ0) is 2.00. The number of hydrogen-bond acceptors (Lipinski definition) is 2. The maximum Gasteiger partial charge on any atom is -0.197 e. The van der Waals surface area contributed by atoms with E-state index in [9.17, 15) is 0 Å². The van der Waals surface area contributed by atoms with Gasteiger partial charge in [-0.1, -0.05) is 0 Å². The molecule has 0 heterocycles. The maximum absolute atomic E-state index is 4.00. The number of rotatable bonds is 0. The summed E-state index contributed by atoms with van der Waals surface area (Å²) in [5, 5.41) is 0. The molecule has 0 aliphatic heterocycles. The molecule has 0 amide bonds. The van der Waals surface area contributed by atoms with E-state index in [2.05, 4.69) is 11.7 Å². The van der Waals surface area contributed by atoms with E-state index in [4.69, 9.17) is 0 Å². The van der Waals surface area contributed by atoms with Gasteiger partial charge in [0.25, 0.3) is 0 Å². The van der Waals surface area contributed by atoms with E-state index in [-0.39, 0.29) is 27.0 Å². The Labute approximate surface area is 39.4 Å². The van der Waals surface area contributed by atoms with Gasteiger partial charge in [-0.25, -0.2) is 0 Å². The molecule has 0 radical (unpaired) electrons. The number of hydrogen-bond donors (Lipinski definition) is 2. The van der Waals surface area contributed by atoms with Gasteiger partial charge in [0.1, 0.15) is 0 Å². The highest BCUT2D eigenvalue weighted by Gasteiger charge is 0.726. The van der Waals surface area contributed by atoms with Crippen LogP contribution in [0.15, 0.2) is 0 Å². The van der Waals surface area contributed by atoms with Crippen LogP contribution in [0, 0.1) is 0 Å². The minimum Gasteiger partial charge on any atom is -0.274 e. The van der Waals surface area contributed by atoms with Crippen molar-refractivity contribution in [3.8, 4) is 0 Å². The fourth-order valence-corrected chi connectivity index (χ4v) is 0. The number of nitrogens with two attached hydrogens (primary N) is 2. The molecular weight excluding hydrogens is 92.1 g/mol. The van der Waals surface area contributed by atoms with Crippen molar-refractivity contribution in [3.63, 3.8) is 0 Å². The van der Waals surface area contributed by atoms with Crippen molar-refractivity contribution >= 4 is 27.0 Å². The zero-order valence-electron chi connectivity index (χ0n) is 2.15. The van der Waals surface area contributed by atoms with Gasteiger partial charge in [0, 0.05) is 0 Å². The Hall–Kier alpha value is 0.620. The summed E-state index contributed by atoms with van der Waals surface area (Å²) in [6.45, 7) is 0. The molecule has 0 saturated carbocycles. The van der Waals surface area contributed by atoms with Crippen LogP contribution >= 0.6 is 27.0 Å². The molecule has 0 aliphatic carbocycles. The molecule has 0 aromatic rings. The monoisotopic (exact) mass is 100 g/mol. The first-order chi connectivity index (χ1) is 1.00. The van der Waals surface area contributed by atoms with Crippen molar-refractivity contribution in [2.24, 2.45) is 11.7 Å². The lowest BCUT2D eigenvalue weighted by Crippen LogP contribution is -2.02. The standard InChI is InChI=1S/H4N2.2H2S/c1-2;;/h1-2H2;2*1H2. The molecule has 0 aromatic heterocycles. The molecule has 4 heteroatoms. The molecule has 0 unspecified atom stereocenters. The van der Waals surface area contributed by atoms with Gasteiger partial charge in [-0.15, -0.1) is 0 Å². The average Bonchev–Trinajstić information content (AvgIpc) is 1.00. The van der Waals surface area contributed by atoms with Gasteiger partial charge in [0.15, 0.2) is 0 Å². The molecule has 0 rings (SSSR count). The van der Waals surface area contributed by atoms with Crippen LogP contribution in [0.4, 0.5) is 0 Å². The Morgan fingerprint density at radius 2 is 0.750 bits per heavy atom. The molecule has 30 valence electrons. The largest absolute Gasteiger partial charge is 0.274 e. The van der Waals surface area contributed by atoms with Crippen molar-refractivity contribution in [1.29, 1.82) is 0 Å². The third-order valence-corrected chi connectivity index (χ3v) is 0. The lowest BCUT2D eigenvalue weighted by molar-refractivity contribution is 1.26. The van der Waals surface area contributed by atoms with Crippen LogP contribution in [0.5, 0.6) is 0 Å². The van der Waals surface area contributed by atoms with E-state index in [0.717, 1.165) is 0 Å². The first kappa shape index (κ1) is 23.1. The summed E-state index contributed by atoms with van der Waals surface area (Å²) in [5.41, 5.74) is 0. The Morgan fingerprint density at radius 1 is 0.750 bits per heavy atom. The second-order valence-corrected chi connectivity index (χ2v) is 0. The first-order valence-electron chi connectivity index (χ1n) is 0.333. The van der Waals surface area contributed by atoms with Crippen LogP contribution in [0.3, 0.4) is 0 Å². The third kappa shape index (κ3) is 17.9. The third-order valence-electron chi connectivity index (χ3n) is 0. The summed E-state index contributed by atoms with van der Waals surface area (Å²) >= 11 is 0. The molecule has 0 saturated heterocycles. The Kier molecular flexibility index (Phi) is 373. The van der Waals surface area contributed by atoms with E-state index in [1.807, 2.05) is 0 Å². The minimum atomic E-state index is 0. The second-order valence-electron chi connectivity index (χ2n) is 0. The predicted octanol–water partition coefficient (Wildman–Crippen LogP) is -0.956. The van der Waals surface area contributed by atoms with Crippen LogP contribution < -0.4 is 11.7 Å². The summed E-state index contributed by atoms with van der Waals surface area (Å²) in [7, 11) is 0. The van der Waals surface area contributed by atoms with Gasteiger partial charge in [0.2, 0.25) is 0 Å².